The molecule has 1 fully saturated rings. The van der Waals surface area contributed by atoms with Crippen LogP contribution < -0.4 is 5.32 Å². The quantitative estimate of drug-likeness (QED) is 0.568. The fourth-order valence-electron chi connectivity index (χ4n) is 3.32. The summed E-state index contributed by atoms with van der Waals surface area (Å²) >= 11 is 7.50. The number of halogens is 1. The number of rotatable bonds is 6. The van der Waals surface area contributed by atoms with Crippen molar-refractivity contribution in [3.05, 3.63) is 53.2 Å². The van der Waals surface area contributed by atoms with Crippen molar-refractivity contribution in [2.24, 2.45) is 7.05 Å². The monoisotopic (exact) mass is 480 g/mol. The molecule has 0 aliphatic carbocycles. The molecule has 3 heterocycles. The van der Waals surface area contributed by atoms with Crippen LogP contribution in [0.15, 0.2) is 56.0 Å². The van der Waals surface area contributed by atoms with Crippen molar-refractivity contribution in [3.63, 3.8) is 0 Å². The van der Waals surface area contributed by atoms with Crippen LogP contribution >= 0.6 is 23.4 Å². The maximum absolute atomic E-state index is 12.9. The van der Waals surface area contributed by atoms with Gasteiger partial charge in [0.05, 0.1) is 5.69 Å². The van der Waals surface area contributed by atoms with Crippen LogP contribution in [0.2, 0.25) is 5.02 Å². The number of imidazole rings is 1. The van der Waals surface area contributed by atoms with Crippen LogP contribution in [0.5, 0.6) is 0 Å². The number of sulfonamides is 1. The Morgan fingerprint density at radius 2 is 2.00 bits per heavy atom. The SMILES string of the molecule is Cc1oc(C(=O)Nc2cc(Cl)ccc2Sc2nccn2C)cc1S(=O)(=O)N1CCCC1. The Kier molecular flexibility index (Phi) is 6.16. The highest BCUT2D eigenvalue weighted by Gasteiger charge is 2.31. The molecule has 0 atom stereocenters. The maximum Gasteiger partial charge on any atom is 0.291 e. The predicted octanol–water partition coefficient (Wildman–Crippen LogP) is 4.16. The van der Waals surface area contributed by atoms with E-state index in [-0.39, 0.29) is 16.4 Å². The molecule has 164 valence electrons. The molecule has 8 nitrogen and oxygen atoms in total. The zero-order chi connectivity index (χ0) is 22.2. The highest BCUT2D eigenvalue weighted by Crippen LogP contribution is 2.35. The summed E-state index contributed by atoms with van der Waals surface area (Å²) in [6, 6.07) is 6.42. The average Bonchev–Trinajstić information content (AvgIpc) is 3.46. The standard InChI is InChI=1S/C20H21ClN4O4S2/c1-13-18(31(27,28)25-8-3-4-9-25)12-16(29-13)19(26)23-15-11-14(21)5-6-17(15)30-20-22-7-10-24(20)2/h5-7,10-12H,3-4,8-9H2,1-2H3,(H,23,26). The summed E-state index contributed by atoms with van der Waals surface area (Å²) in [6.07, 6.45) is 5.16. The van der Waals surface area contributed by atoms with Gasteiger partial charge in [0.25, 0.3) is 5.91 Å². The normalized spacial score (nSPS) is 14.8. The van der Waals surface area contributed by atoms with Gasteiger partial charge in [-0.05, 0) is 49.7 Å². The van der Waals surface area contributed by atoms with Gasteiger partial charge in [0.1, 0.15) is 10.7 Å². The molecule has 1 aromatic carbocycles. The van der Waals surface area contributed by atoms with Crippen molar-refractivity contribution in [2.45, 2.75) is 34.7 Å². The van der Waals surface area contributed by atoms with E-state index in [1.807, 2.05) is 17.8 Å². The van der Waals surface area contributed by atoms with Crippen LogP contribution in [-0.2, 0) is 17.1 Å². The lowest BCUT2D eigenvalue weighted by atomic mass is 10.3. The van der Waals surface area contributed by atoms with Crippen molar-refractivity contribution >= 4 is 45.0 Å². The number of hydrogen-bond acceptors (Lipinski definition) is 6. The molecule has 1 N–H and O–H groups in total. The van der Waals surface area contributed by atoms with Gasteiger partial charge in [-0.1, -0.05) is 11.6 Å². The first-order chi connectivity index (χ1) is 14.8. The van der Waals surface area contributed by atoms with Crippen LogP contribution in [0.25, 0.3) is 0 Å². The van der Waals surface area contributed by atoms with Crippen LogP contribution in [0.3, 0.4) is 0 Å². The van der Waals surface area contributed by atoms with E-state index in [0.29, 0.717) is 23.8 Å². The molecule has 1 aliphatic rings. The van der Waals surface area contributed by atoms with Gasteiger partial charge in [-0.25, -0.2) is 13.4 Å². The summed E-state index contributed by atoms with van der Waals surface area (Å²) in [7, 11) is -1.81. The van der Waals surface area contributed by atoms with E-state index in [2.05, 4.69) is 10.3 Å². The Morgan fingerprint density at radius 1 is 1.26 bits per heavy atom. The van der Waals surface area contributed by atoms with Crippen molar-refractivity contribution in [1.82, 2.24) is 13.9 Å². The molecular weight excluding hydrogens is 460 g/mol. The molecular formula is C20H21ClN4O4S2. The third kappa shape index (κ3) is 4.52. The molecule has 31 heavy (non-hydrogen) atoms. The Morgan fingerprint density at radius 3 is 2.68 bits per heavy atom. The molecule has 11 heteroatoms. The van der Waals surface area contributed by atoms with Gasteiger partial charge < -0.3 is 14.3 Å². The van der Waals surface area contributed by atoms with E-state index in [1.165, 1.54) is 22.1 Å². The molecule has 0 spiro atoms. The van der Waals surface area contributed by atoms with Crippen molar-refractivity contribution in [2.75, 3.05) is 18.4 Å². The number of furan rings is 1. The van der Waals surface area contributed by atoms with E-state index >= 15 is 0 Å². The number of nitrogens with zero attached hydrogens (tertiary/aromatic N) is 3. The van der Waals surface area contributed by atoms with Crippen LogP contribution in [0.1, 0.15) is 29.2 Å². The molecule has 1 amide bonds. The van der Waals surface area contributed by atoms with Crippen molar-refractivity contribution in [1.29, 1.82) is 0 Å². The Labute approximate surface area is 189 Å². The summed E-state index contributed by atoms with van der Waals surface area (Å²) in [4.78, 5) is 17.9. The number of benzene rings is 1. The first kappa shape index (κ1) is 21.9. The Hall–Kier alpha value is -2.27. The fraction of sp³-hybridized carbons (Fsp3) is 0.300. The zero-order valence-corrected chi connectivity index (χ0v) is 19.4. The van der Waals surface area contributed by atoms with Gasteiger partial charge in [0.2, 0.25) is 10.0 Å². The molecule has 0 radical (unpaired) electrons. The number of amides is 1. The molecule has 4 rings (SSSR count). The Balaban J connectivity index is 1.59. The zero-order valence-electron chi connectivity index (χ0n) is 17.0. The van der Waals surface area contributed by atoms with E-state index in [0.717, 1.165) is 22.9 Å². The van der Waals surface area contributed by atoms with E-state index in [9.17, 15) is 13.2 Å². The minimum Gasteiger partial charge on any atom is -0.455 e. The molecule has 0 unspecified atom stereocenters. The maximum atomic E-state index is 12.9. The van der Waals surface area contributed by atoms with Crippen LogP contribution in [0, 0.1) is 6.92 Å². The number of aryl methyl sites for hydroxylation is 2. The van der Waals surface area contributed by atoms with Crippen LogP contribution in [0.4, 0.5) is 5.69 Å². The van der Waals surface area contributed by atoms with E-state index in [4.69, 9.17) is 16.0 Å². The molecule has 1 saturated heterocycles. The lowest BCUT2D eigenvalue weighted by molar-refractivity contribution is 0.0995. The van der Waals surface area contributed by atoms with Crippen molar-refractivity contribution in [3.8, 4) is 0 Å². The molecule has 3 aromatic rings. The number of carbonyl (C=O) groups is 1. The average molecular weight is 481 g/mol. The van der Waals surface area contributed by atoms with Gasteiger partial charge in [-0.3, -0.25) is 4.79 Å². The minimum atomic E-state index is -3.69. The highest BCUT2D eigenvalue weighted by molar-refractivity contribution is 7.99. The predicted molar refractivity (Wildman–Crippen MR) is 118 cm³/mol. The third-order valence-corrected chi connectivity index (χ3v) is 8.34. The van der Waals surface area contributed by atoms with Crippen molar-refractivity contribution < 1.29 is 17.6 Å². The second-order valence-corrected chi connectivity index (χ2v) is 10.5. The summed E-state index contributed by atoms with van der Waals surface area (Å²) in [5.41, 5.74) is 0.475. The number of anilines is 1. The van der Waals surface area contributed by atoms with Gasteiger partial charge in [0, 0.05) is 48.5 Å². The smallest absolute Gasteiger partial charge is 0.291 e. The number of aromatic nitrogens is 2. The topological polar surface area (TPSA) is 97.4 Å². The lowest BCUT2D eigenvalue weighted by Gasteiger charge is -2.14. The number of carbonyl (C=O) groups excluding carboxylic acids is 1. The molecule has 1 aliphatic heterocycles. The lowest BCUT2D eigenvalue weighted by Crippen LogP contribution is -2.28. The summed E-state index contributed by atoms with van der Waals surface area (Å²) in [5, 5.41) is 3.97. The summed E-state index contributed by atoms with van der Waals surface area (Å²) in [5.74, 6) is -0.455. The molecule has 0 saturated carbocycles. The summed E-state index contributed by atoms with van der Waals surface area (Å²) in [6.45, 7) is 2.50. The second-order valence-electron chi connectivity index (χ2n) is 7.16. The molecule has 2 aromatic heterocycles. The van der Waals surface area contributed by atoms with Crippen LogP contribution in [-0.4, -0.2) is 41.3 Å². The van der Waals surface area contributed by atoms with Gasteiger partial charge in [-0.2, -0.15) is 4.31 Å². The third-order valence-electron chi connectivity index (χ3n) is 4.95. The second kappa shape index (κ2) is 8.70. The first-order valence-corrected chi connectivity index (χ1v) is 12.3. The highest BCUT2D eigenvalue weighted by atomic mass is 35.5. The Bertz CT molecular complexity index is 1230. The van der Waals surface area contributed by atoms with E-state index in [1.54, 1.807) is 31.3 Å². The summed E-state index contributed by atoms with van der Waals surface area (Å²) < 4.78 is 34.5. The number of nitrogens with one attached hydrogen (secondary N) is 1. The fourth-order valence-corrected chi connectivity index (χ4v) is 6.04. The first-order valence-electron chi connectivity index (χ1n) is 9.62. The number of hydrogen-bond donors (Lipinski definition) is 1. The van der Waals surface area contributed by atoms with Gasteiger partial charge >= 0.3 is 0 Å². The van der Waals surface area contributed by atoms with Gasteiger partial charge in [-0.15, -0.1) is 0 Å². The molecule has 0 bridgehead atoms. The van der Waals surface area contributed by atoms with Gasteiger partial charge in [0.15, 0.2) is 10.9 Å². The largest absolute Gasteiger partial charge is 0.455 e. The van der Waals surface area contributed by atoms with E-state index < -0.39 is 15.9 Å². The minimum absolute atomic E-state index is 0.0215.